The normalized spacial score (nSPS) is 20.0. The van der Waals surface area contributed by atoms with Gasteiger partial charge in [0, 0.05) is 0 Å². The molecule has 13 nitrogen and oxygen atoms in total. The number of carboxylic acids is 1. The number of hydrogen-bond acceptors (Lipinski definition) is 12. The predicted molar refractivity (Wildman–Crippen MR) is 146 cm³/mol. The summed E-state index contributed by atoms with van der Waals surface area (Å²) in [6, 6.07) is -3.32. The Morgan fingerprint density at radius 3 is 1.52 bits per heavy atom. The molecule has 7 N–H and O–H groups in total. The van der Waals surface area contributed by atoms with Gasteiger partial charge >= 0.3 is 5.97 Å². The maximum absolute atomic E-state index is 13.8. The summed E-state index contributed by atoms with van der Waals surface area (Å²) in [4.78, 5) is 78.7. The maximum Gasteiger partial charge on any atom is 0.344 e. The molecule has 0 rings (SSSR count). The summed E-state index contributed by atoms with van der Waals surface area (Å²) in [6.45, 7) is 8.92. The van der Waals surface area contributed by atoms with E-state index >= 15 is 0 Å². The molecule has 13 heteroatoms. The van der Waals surface area contributed by atoms with Crippen molar-refractivity contribution in [1.82, 2.24) is 16.0 Å². The number of hydrogen-bond donors (Lipinski definition) is 7. The molecule has 5 unspecified atom stereocenters. The Morgan fingerprint density at radius 2 is 1.15 bits per heavy atom. The second-order valence-corrected chi connectivity index (χ2v) is 10.7. The molecule has 0 aliphatic rings. The molecule has 0 bridgehead atoms. The maximum atomic E-state index is 13.8. The Bertz CT molecular complexity index is 968. The summed E-state index contributed by atoms with van der Waals surface area (Å²) in [5.41, 5.74) is -9.94. The fourth-order valence-electron chi connectivity index (χ4n) is 4.50. The Morgan fingerprint density at radius 1 is 0.700 bits per heavy atom. The van der Waals surface area contributed by atoms with Crippen LogP contribution in [0.2, 0.25) is 0 Å². The van der Waals surface area contributed by atoms with Crippen LogP contribution in [0.1, 0.15) is 67.2 Å². The predicted octanol–water partition coefficient (Wildman–Crippen LogP) is -1.21. The van der Waals surface area contributed by atoms with E-state index in [0.717, 1.165) is 6.92 Å². The van der Waals surface area contributed by atoms with Gasteiger partial charge in [0.1, 0.15) is 0 Å². The van der Waals surface area contributed by atoms with Crippen molar-refractivity contribution >= 4 is 34.9 Å². The molecule has 0 aromatic heterocycles. The van der Waals surface area contributed by atoms with E-state index in [9.17, 15) is 49.2 Å². The van der Waals surface area contributed by atoms with Crippen molar-refractivity contribution in [2.75, 3.05) is 21.1 Å². The molecule has 8 atom stereocenters. The number of aliphatic hydroxyl groups is 3. The number of carbonyl (C=O) groups is 6. The molecule has 0 aromatic rings. The molecular weight excluding hydrogens is 526 g/mol. The number of Topliss-reactive ketones (excluding diaryl/α,β-unsaturated/α-hetero) is 5. The molecule has 40 heavy (non-hydrogen) atoms. The Balaban J connectivity index is 7.02. The highest BCUT2D eigenvalue weighted by Gasteiger charge is 2.61. The second kappa shape index (κ2) is 15.0. The summed E-state index contributed by atoms with van der Waals surface area (Å²) < 4.78 is 0. The first-order valence-electron chi connectivity index (χ1n) is 13.4. The highest BCUT2D eigenvalue weighted by atomic mass is 16.4. The molecule has 0 aromatic carbocycles. The highest BCUT2D eigenvalue weighted by Crippen LogP contribution is 2.31. The molecule has 230 valence electrons. The van der Waals surface area contributed by atoms with E-state index in [4.69, 9.17) is 0 Å². The Hall–Kier alpha value is -2.42. The second-order valence-electron chi connectivity index (χ2n) is 10.7. The molecular formula is C27H47N3O10. The summed E-state index contributed by atoms with van der Waals surface area (Å²) in [7, 11) is 4.16. The van der Waals surface area contributed by atoms with E-state index in [2.05, 4.69) is 16.0 Å². The number of likely N-dealkylation sites (N-methyl/N-ethyl adjacent to an activating group) is 3. The Labute approximate surface area is 235 Å². The van der Waals surface area contributed by atoms with Crippen LogP contribution in [0.3, 0.4) is 0 Å². The van der Waals surface area contributed by atoms with Crippen LogP contribution in [0.5, 0.6) is 0 Å². The topological polar surface area (TPSA) is 219 Å². The van der Waals surface area contributed by atoms with Gasteiger partial charge in [-0.1, -0.05) is 40.5 Å². The molecule has 0 amide bonds. The molecule has 0 aliphatic carbocycles. The van der Waals surface area contributed by atoms with E-state index in [0.29, 0.717) is 12.8 Å². The zero-order valence-corrected chi connectivity index (χ0v) is 25.0. The standard InChI is InChI=1S/C27H47N3O10/c1-10-14(3)19(29-8)17(31)12-27(40,24(36)37)23(35)26(39,22(34)20(30-9)15(4)11-2)13-18(32)25(6,38)21(33)16(5)28-7/h14-16,19-20,28-30,38-40H,10-13H2,1-9H3,(H,36,37)/t14?,15?,16-,19-,20-,25?,26?,27?/m0/s1. The number of carbonyl (C=O) groups excluding carboxylic acids is 5. The van der Waals surface area contributed by atoms with Crippen LogP contribution in [0.25, 0.3) is 0 Å². The average Bonchev–Trinajstić information content (AvgIpc) is 2.91. The van der Waals surface area contributed by atoms with Gasteiger partial charge in [-0.05, 0) is 46.8 Å². The molecule has 0 fully saturated rings. The van der Waals surface area contributed by atoms with E-state index in [1.165, 1.54) is 28.1 Å². The summed E-state index contributed by atoms with van der Waals surface area (Å²) in [6.07, 6.45) is -2.01. The number of carboxylic acid groups (broad SMARTS) is 1. The van der Waals surface area contributed by atoms with Gasteiger partial charge in [0.25, 0.3) is 0 Å². The minimum absolute atomic E-state index is 0.331. The van der Waals surface area contributed by atoms with Crippen LogP contribution >= 0.6 is 0 Å². The molecule has 0 aliphatic heterocycles. The van der Waals surface area contributed by atoms with Crippen LogP contribution in [0.15, 0.2) is 0 Å². The van der Waals surface area contributed by atoms with Gasteiger partial charge < -0.3 is 36.4 Å². The SMILES string of the molecule is CCC(C)[C@H](NC)C(=O)CC(O)(C(=O)O)C(=O)C(O)(CC(=O)C(C)(O)C(=O)[C@H](C)NC)C(=O)[C@@H](NC)C(C)CC. The highest BCUT2D eigenvalue weighted by molar-refractivity contribution is 6.25. The van der Waals surface area contributed by atoms with Gasteiger partial charge in [0.05, 0.1) is 31.0 Å². The van der Waals surface area contributed by atoms with Crippen LogP contribution in [-0.2, 0) is 28.8 Å². The van der Waals surface area contributed by atoms with Crippen LogP contribution < -0.4 is 16.0 Å². The molecule has 0 saturated heterocycles. The van der Waals surface area contributed by atoms with Crippen molar-refractivity contribution < 1.29 is 49.2 Å². The van der Waals surface area contributed by atoms with Crippen molar-refractivity contribution in [1.29, 1.82) is 0 Å². The van der Waals surface area contributed by atoms with E-state index in [1.807, 2.05) is 0 Å². The number of aliphatic carboxylic acids is 1. The minimum atomic E-state index is -3.62. The third kappa shape index (κ3) is 7.86. The smallest absolute Gasteiger partial charge is 0.344 e. The summed E-state index contributed by atoms with van der Waals surface area (Å²) in [5.74, 6) is -9.86. The third-order valence-corrected chi connectivity index (χ3v) is 7.89. The van der Waals surface area contributed by atoms with E-state index < -0.39 is 88.6 Å². The first kappa shape index (κ1) is 37.6. The number of ketones is 5. The zero-order chi connectivity index (χ0) is 31.8. The van der Waals surface area contributed by atoms with Gasteiger partial charge in [-0.25, -0.2) is 4.79 Å². The molecule has 0 heterocycles. The number of rotatable bonds is 20. The van der Waals surface area contributed by atoms with Crippen molar-refractivity contribution in [3.05, 3.63) is 0 Å². The van der Waals surface area contributed by atoms with Crippen LogP contribution in [0.4, 0.5) is 0 Å². The Kier molecular flexibility index (Phi) is 14.1. The van der Waals surface area contributed by atoms with Gasteiger partial charge in [-0.15, -0.1) is 0 Å². The summed E-state index contributed by atoms with van der Waals surface area (Å²) >= 11 is 0. The monoisotopic (exact) mass is 573 g/mol. The van der Waals surface area contributed by atoms with Crippen LogP contribution in [0, 0.1) is 11.8 Å². The first-order valence-corrected chi connectivity index (χ1v) is 13.4. The fourth-order valence-corrected chi connectivity index (χ4v) is 4.50. The van der Waals surface area contributed by atoms with Crippen molar-refractivity contribution in [2.24, 2.45) is 11.8 Å². The minimum Gasteiger partial charge on any atom is -0.479 e. The van der Waals surface area contributed by atoms with Gasteiger partial charge in [0.2, 0.25) is 11.4 Å². The first-order chi connectivity index (χ1) is 18.3. The van der Waals surface area contributed by atoms with Crippen LogP contribution in [-0.4, -0.2) is 111 Å². The lowest BCUT2D eigenvalue weighted by atomic mass is 9.71. The fraction of sp³-hybridized carbons (Fsp3) is 0.778. The van der Waals surface area contributed by atoms with Gasteiger partial charge in [0.15, 0.2) is 34.3 Å². The van der Waals surface area contributed by atoms with Crippen molar-refractivity contribution in [3.63, 3.8) is 0 Å². The largest absolute Gasteiger partial charge is 0.479 e. The zero-order valence-electron chi connectivity index (χ0n) is 25.0. The van der Waals surface area contributed by atoms with Crippen molar-refractivity contribution in [3.8, 4) is 0 Å². The molecule has 0 spiro atoms. The van der Waals surface area contributed by atoms with Crippen molar-refractivity contribution in [2.45, 2.75) is 102 Å². The van der Waals surface area contributed by atoms with Gasteiger partial charge in [-0.2, -0.15) is 0 Å². The van der Waals surface area contributed by atoms with Gasteiger partial charge in [-0.3, -0.25) is 24.0 Å². The quantitative estimate of drug-likeness (QED) is 0.0851. The summed E-state index contributed by atoms with van der Waals surface area (Å²) in [5, 5.41) is 51.3. The van der Waals surface area contributed by atoms with E-state index in [1.54, 1.807) is 27.7 Å². The molecule has 0 radical (unpaired) electrons. The lowest BCUT2D eigenvalue weighted by Gasteiger charge is -2.37. The van der Waals surface area contributed by atoms with E-state index in [-0.39, 0.29) is 5.92 Å². The number of nitrogens with one attached hydrogen (secondary N) is 3. The molecule has 0 saturated carbocycles. The lowest BCUT2D eigenvalue weighted by Crippen LogP contribution is -2.67. The average molecular weight is 574 g/mol. The third-order valence-electron chi connectivity index (χ3n) is 7.89. The lowest BCUT2D eigenvalue weighted by molar-refractivity contribution is -0.181.